The molecule has 384 valence electrons. The lowest BCUT2D eigenvalue weighted by molar-refractivity contribution is 0.146. The normalized spacial score (nSPS) is 12.2. The van der Waals surface area contributed by atoms with Crippen molar-refractivity contribution in [2.24, 2.45) is 0 Å². The van der Waals surface area contributed by atoms with E-state index >= 15 is 0 Å². The van der Waals surface area contributed by atoms with Gasteiger partial charge in [0.2, 0.25) is 0 Å². The van der Waals surface area contributed by atoms with Crippen LogP contribution in [0.25, 0.3) is 22.3 Å². The summed E-state index contributed by atoms with van der Waals surface area (Å²) in [6.45, 7) is 10.7. The van der Waals surface area contributed by atoms with Crippen molar-refractivity contribution in [1.29, 1.82) is 10.5 Å². The van der Waals surface area contributed by atoms with Crippen LogP contribution in [0.2, 0.25) is 0 Å². The van der Waals surface area contributed by atoms with E-state index in [1.165, 1.54) is 30.1 Å². The van der Waals surface area contributed by atoms with Gasteiger partial charge in [-0.15, -0.1) is 0 Å². The Morgan fingerprint density at radius 1 is 0.447 bits per heavy atom. The third kappa shape index (κ3) is 10.6. The molecule has 8 nitrogen and oxygen atoms in total. The van der Waals surface area contributed by atoms with Gasteiger partial charge < -0.3 is 28.7 Å². The van der Waals surface area contributed by atoms with E-state index < -0.39 is 5.41 Å². The van der Waals surface area contributed by atoms with Gasteiger partial charge in [0.15, 0.2) is 0 Å². The highest BCUT2D eigenvalue weighted by Gasteiger charge is 2.52. The van der Waals surface area contributed by atoms with Gasteiger partial charge in [-0.2, -0.15) is 10.5 Å². The number of methoxy groups -OCH3 is 2. The van der Waals surface area contributed by atoms with E-state index in [9.17, 15) is 10.5 Å². The summed E-state index contributed by atoms with van der Waals surface area (Å²) in [4.78, 5) is 4.64. The number of ether oxygens (including phenoxy) is 4. The maximum Gasteiger partial charge on any atom is 0.119 e. The van der Waals surface area contributed by atoms with E-state index in [0.29, 0.717) is 39.5 Å². The van der Waals surface area contributed by atoms with Crippen LogP contribution >= 0.6 is 8.58 Å². The van der Waals surface area contributed by atoms with Gasteiger partial charge in [0.25, 0.3) is 0 Å². The molecule has 0 aromatic heterocycles. The van der Waals surface area contributed by atoms with Gasteiger partial charge in [0.1, 0.15) is 18.1 Å². The monoisotopic (exact) mass is 1020 g/mol. The molecule has 0 saturated heterocycles. The zero-order valence-electron chi connectivity index (χ0n) is 44.7. The lowest BCUT2D eigenvalue weighted by Crippen LogP contribution is -2.27. The molecule has 2 aliphatic carbocycles. The summed E-state index contributed by atoms with van der Waals surface area (Å²) < 4.78 is 22.7. The van der Waals surface area contributed by atoms with Crippen LogP contribution in [0.3, 0.4) is 0 Å². The lowest BCUT2D eigenvalue weighted by atomic mass is 9.70. The summed E-state index contributed by atoms with van der Waals surface area (Å²) in [5.41, 5.74) is 16.0. The predicted octanol–water partition coefficient (Wildman–Crippen LogP) is 16.2. The Balaban J connectivity index is 0.00000349. The second-order valence-corrected chi connectivity index (χ2v) is 20.3. The number of anilines is 6. The Bertz CT molecular complexity index is 3230. The Labute approximate surface area is 451 Å². The molecule has 0 aliphatic heterocycles. The molecule has 0 saturated carbocycles. The van der Waals surface area contributed by atoms with Gasteiger partial charge in [0.05, 0.1) is 48.5 Å². The van der Waals surface area contributed by atoms with E-state index in [1.54, 1.807) is 14.2 Å². The number of hydrogen-bond donors (Lipinski definition) is 0. The largest absolute Gasteiger partial charge is 0.494 e. The van der Waals surface area contributed by atoms with Gasteiger partial charge >= 0.3 is 0 Å². The number of hydrogen-bond acceptors (Lipinski definition) is 8. The number of rotatable bonds is 21. The Kier molecular flexibility index (Phi) is 17.3. The maximum atomic E-state index is 10.6. The van der Waals surface area contributed by atoms with Gasteiger partial charge in [-0.05, 0) is 202 Å². The van der Waals surface area contributed by atoms with Crippen LogP contribution in [0.15, 0.2) is 170 Å². The third-order valence-corrected chi connectivity index (χ3v) is 15.5. The Hall–Kier alpha value is -7.71. The number of fused-ring (bicyclic) bond motifs is 10. The van der Waals surface area contributed by atoms with E-state index in [0.717, 1.165) is 116 Å². The molecule has 1 spiro atoms. The quantitative estimate of drug-likeness (QED) is 0.0519. The molecule has 0 fully saturated rings. The summed E-state index contributed by atoms with van der Waals surface area (Å²) in [5, 5.41) is 22.5. The fourth-order valence-electron chi connectivity index (χ4n) is 10.8. The minimum Gasteiger partial charge on any atom is -0.494 e. The van der Waals surface area contributed by atoms with Gasteiger partial charge in [-0.3, -0.25) is 0 Å². The molecule has 10 rings (SSSR count). The highest BCUT2D eigenvalue weighted by atomic mass is 31.1. The molecule has 9 heteroatoms. The van der Waals surface area contributed by atoms with Crippen LogP contribution < -0.4 is 24.6 Å². The van der Waals surface area contributed by atoms with Crippen molar-refractivity contribution in [3.8, 4) is 45.9 Å². The summed E-state index contributed by atoms with van der Waals surface area (Å²) in [6.07, 6.45) is 6.50. The second kappa shape index (κ2) is 24.8. The fourth-order valence-corrected chi connectivity index (χ4v) is 11.8. The van der Waals surface area contributed by atoms with Gasteiger partial charge in [0, 0.05) is 48.3 Å². The summed E-state index contributed by atoms with van der Waals surface area (Å²) in [6, 6.07) is 65.3. The summed E-state index contributed by atoms with van der Waals surface area (Å²) in [5.74, 6) is 1.57. The van der Waals surface area contributed by atoms with Gasteiger partial charge in [-0.25, -0.2) is 0 Å². The third-order valence-electron chi connectivity index (χ3n) is 14.3. The van der Waals surface area contributed by atoms with Crippen molar-refractivity contribution in [3.05, 3.63) is 209 Å². The van der Waals surface area contributed by atoms with Crippen LogP contribution in [0.1, 0.15) is 92.3 Å². The molecule has 0 heterocycles. The maximum absolute atomic E-state index is 10.6. The fraction of sp³-hybridized carbons (Fsp3) is 0.254. The minimum atomic E-state index is -0.912. The molecule has 2 aliphatic rings. The van der Waals surface area contributed by atoms with Crippen molar-refractivity contribution in [2.45, 2.75) is 65.2 Å². The highest BCUT2D eigenvalue weighted by molar-refractivity contribution is 7.47. The molecular formula is C67H67N4O4P. The van der Waals surface area contributed by atoms with Gasteiger partial charge in [-0.1, -0.05) is 97.6 Å². The molecule has 8 aromatic carbocycles. The smallest absolute Gasteiger partial charge is 0.119 e. The molecule has 0 N–H and O–H groups in total. The lowest BCUT2D eigenvalue weighted by Gasteiger charge is -2.33. The molecule has 1 unspecified atom stereocenters. The van der Waals surface area contributed by atoms with E-state index in [4.69, 9.17) is 18.9 Å². The summed E-state index contributed by atoms with van der Waals surface area (Å²) >= 11 is 0. The van der Waals surface area contributed by atoms with Crippen LogP contribution in [-0.2, 0) is 21.3 Å². The molecule has 0 radical (unpaired) electrons. The standard InChI is InChI=1S/C65H61N4O4P.C2H6/c1-5-7-8-9-45-10-14-48(15-11-45)68(51-20-28-56(29-21-51)74-38-37-71-4)52-22-32-59-60-33-23-53(69(49-16-24-54(25-17-49)72-34-6-2)50-18-26-55(27-19-50)73-36-35-70-3)42-64(60)65(63(59)41-52)61-39-46(43-66)12-30-57(61)58-31-13-47(44-67)40-62(58)65;1-2/h10-33,39-42,74H,5-9,34-38H2,1-4H3;1-2H3. The van der Waals surface area contributed by atoms with Crippen LogP contribution in [0.5, 0.6) is 11.5 Å². The van der Waals surface area contributed by atoms with Crippen molar-refractivity contribution in [1.82, 2.24) is 0 Å². The number of nitrogens with zero attached hydrogens (tertiary/aromatic N) is 4. The first kappa shape index (κ1) is 53.1. The number of nitriles is 2. The second-order valence-electron chi connectivity index (χ2n) is 18.9. The van der Waals surface area contributed by atoms with Crippen molar-refractivity contribution >= 4 is 48.0 Å². The van der Waals surface area contributed by atoms with Crippen LogP contribution in [-0.4, -0.2) is 46.8 Å². The van der Waals surface area contributed by atoms with Crippen LogP contribution in [0, 0.1) is 22.7 Å². The van der Waals surface area contributed by atoms with E-state index in [1.807, 2.05) is 50.2 Å². The molecule has 8 aromatic rings. The van der Waals surface area contributed by atoms with Crippen molar-refractivity contribution in [2.75, 3.05) is 56.6 Å². The average Bonchev–Trinajstić information content (AvgIpc) is 4.08. The molecule has 1 atom stereocenters. The minimum absolute atomic E-state index is 0.447. The molecule has 76 heavy (non-hydrogen) atoms. The first-order chi connectivity index (χ1) is 37.4. The summed E-state index contributed by atoms with van der Waals surface area (Å²) in [7, 11) is 4.08. The zero-order chi connectivity index (χ0) is 53.0. The highest BCUT2D eigenvalue weighted by Crippen LogP contribution is 2.64. The molecule has 0 amide bonds. The van der Waals surface area contributed by atoms with E-state index in [2.05, 4.69) is 169 Å². The number of unbranched alkanes of at least 4 members (excludes halogenated alkanes) is 2. The number of benzene rings is 8. The number of aryl methyl sites for hydroxylation is 1. The topological polar surface area (TPSA) is 91.0 Å². The van der Waals surface area contributed by atoms with Crippen LogP contribution in [0.4, 0.5) is 34.1 Å². The van der Waals surface area contributed by atoms with Crippen molar-refractivity contribution in [3.63, 3.8) is 0 Å². The molecular weight excluding hydrogens is 956 g/mol. The Morgan fingerprint density at radius 3 is 1.32 bits per heavy atom. The predicted molar refractivity (Wildman–Crippen MR) is 314 cm³/mol. The van der Waals surface area contributed by atoms with E-state index in [-0.39, 0.29) is 0 Å². The average molecular weight is 1020 g/mol. The van der Waals surface area contributed by atoms with Crippen molar-refractivity contribution < 1.29 is 18.9 Å². The SMILES string of the molecule is CC.CCCCCc1ccc(N(c2ccc(PCCOC)cc2)c2ccc3c(c2)C2(c4cc(C#N)ccc4-c4ccc(C#N)cc42)c2cc(N(c4ccc(OCCC)cc4)c4ccc(OCCOC)cc4)ccc2-3)cc1. The Morgan fingerprint density at radius 2 is 0.868 bits per heavy atom. The molecule has 0 bridgehead atoms. The first-order valence-corrected chi connectivity index (χ1v) is 28.0. The first-order valence-electron chi connectivity index (χ1n) is 26.8. The zero-order valence-corrected chi connectivity index (χ0v) is 45.7.